The maximum absolute atomic E-state index is 12.4. The molecule has 0 amide bonds. The van der Waals surface area contributed by atoms with Crippen molar-refractivity contribution in [3.05, 3.63) is 29.8 Å². The number of hydrogen-bond acceptors (Lipinski definition) is 5. The van der Waals surface area contributed by atoms with Gasteiger partial charge in [-0.15, -0.1) is 0 Å². The van der Waals surface area contributed by atoms with Crippen LogP contribution in [0.4, 0.5) is 5.69 Å². The van der Waals surface area contributed by atoms with E-state index in [1.54, 1.807) is 24.3 Å². The van der Waals surface area contributed by atoms with E-state index in [9.17, 15) is 13.5 Å². The molecule has 0 saturated carbocycles. The summed E-state index contributed by atoms with van der Waals surface area (Å²) < 4.78 is 31.3. The number of benzene rings is 1. The SMILES string of the molecule is Nc1ccccc1CS(=O)(=O)N1CCOCC1CO. The number of nitrogens with zero attached hydrogens (tertiary/aromatic N) is 1. The Kier molecular flexibility index (Phi) is 4.41. The number of nitrogen functional groups attached to an aromatic ring is 1. The predicted octanol–water partition coefficient (Wildman–Crippen LogP) is -0.208. The summed E-state index contributed by atoms with van der Waals surface area (Å²) in [7, 11) is -3.51. The molecule has 1 atom stereocenters. The number of nitrogens with two attached hydrogens (primary N) is 1. The quantitative estimate of drug-likeness (QED) is 0.747. The number of sulfonamides is 1. The van der Waals surface area contributed by atoms with Crippen LogP contribution in [0, 0.1) is 0 Å². The zero-order valence-electron chi connectivity index (χ0n) is 10.5. The number of para-hydroxylation sites is 1. The Bertz CT molecular complexity index is 532. The molecule has 0 aromatic heterocycles. The first-order chi connectivity index (χ1) is 9.04. The number of ether oxygens (including phenoxy) is 1. The molecule has 2 rings (SSSR count). The van der Waals surface area contributed by atoms with Crippen LogP contribution in [-0.4, -0.2) is 50.2 Å². The third-order valence-corrected chi connectivity index (χ3v) is 5.01. The van der Waals surface area contributed by atoms with E-state index in [4.69, 9.17) is 10.5 Å². The van der Waals surface area contributed by atoms with E-state index in [-0.39, 0.29) is 25.5 Å². The lowest BCUT2D eigenvalue weighted by Crippen LogP contribution is -2.50. The van der Waals surface area contributed by atoms with E-state index in [1.165, 1.54) is 4.31 Å². The number of aliphatic hydroxyl groups is 1. The summed E-state index contributed by atoms with van der Waals surface area (Å²) in [5.74, 6) is -0.157. The van der Waals surface area contributed by atoms with E-state index in [2.05, 4.69) is 0 Å². The Labute approximate surface area is 112 Å². The number of hydrogen-bond donors (Lipinski definition) is 2. The molecule has 1 aromatic rings. The van der Waals surface area contributed by atoms with E-state index in [1.807, 2.05) is 0 Å². The monoisotopic (exact) mass is 286 g/mol. The first-order valence-corrected chi connectivity index (χ1v) is 7.67. The van der Waals surface area contributed by atoms with Crippen LogP contribution >= 0.6 is 0 Å². The Hall–Kier alpha value is -1.15. The first-order valence-electron chi connectivity index (χ1n) is 6.06. The Morgan fingerprint density at radius 3 is 2.84 bits per heavy atom. The van der Waals surface area contributed by atoms with Crippen LogP contribution in [-0.2, 0) is 20.5 Å². The molecule has 19 heavy (non-hydrogen) atoms. The Morgan fingerprint density at radius 2 is 2.16 bits per heavy atom. The molecule has 0 aliphatic carbocycles. The second-order valence-electron chi connectivity index (χ2n) is 4.48. The normalized spacial score (nSPS) is 21.4. The van der Waals surface area contributed by atoms with E-state index in [0.29, 0.717) is 17.9 Å². The van der Waals surface area contributed by atoms with Crippen molar-refractivity contribution in [2.45, 2.75) is 11.8 Å². The fourth-order valence-electron chi connectivity index (χ4n) is 2.09. The molecule has 1 aromatic carbocycles. The van der Waals surface area contributed by atoms with Crippen molar-refractivity contribution >= 4 is 15.7 Å². The number of aliphatic hydroxyl groups excluding tert-OH is 1. The summed E-state index contributed by atoms with van der Waals surface area (Å²) in [5.41, 5.74) is 6.80. The summed E-state index contributed by atoms with van der Waals surface area (Å²) in [6.45, 7) is 0.587. The Morgan fingerprint density at radius 1 is 1.42 bits per heavy atom. The fourth-order valence-corrected chi connectivity index (χ4v) is 3.85. The highest BCUT2D eigenvalue weighted by atomic mass is 32.2. The predicted molar refractivity (Wildman–Crippen MR) is 71.9 cm³/mol. The highest BCUT2D eigenvalue weighted by molar-refractivity contribution is 7.88. The molecule has 0 spiro atoms. The van der Waals surface area contributed by atoms with Gasteiger partial charge in [0.2, 0.25) is 10.0 Å². The minimum atomic E-state index is -3.51. The van der Waals surface area contributed by atoms with Gasteiger partial charge in [-0.3, -0.25) is 0 Å². The molecule has 0 bridgehead atoms. The van der Waals surface area contributed by atoms with E-state index >= 15 is 0 Å². The van der Waals surface area contributed by atoms with Gasteiger partial charge in [-0.25, -0.2) is 8.42 Å². The van der Waals surface area contributed by atoms with Crippen molar-refractivity contribution in [2.75, 3.05) is 32.1 Å². The van der Waals surface area contributed by atoms with Crippen molar-refractivity contribution in [1.29, 1.82) is 0 Å². The van der Waals surface area contributed by atoms with Gasteiger partial charge >= 0.3 is 0 Å². The molecule has 106 valence electrons. The van der Waals surface area contributed by atoms with Gasteiger partial charge < -0.3 is 15.6 Å². The largest absolute Gasteiger partial charge is 0.398 e. The molecule has 7 heteroatoms. The summed E-state index contributed by atoms with van der Waals surface area (Å²) in [6, 6.07) is 6.37. The first kappa shape index (κ1) is 14.3. The minimum Gasteiger partial charge on any atom is -0.398 e. The molecule has 1 saturated heterocycles. The molecule has 3 N–H and O–H groups in total. The van der Waals surface area contributed by atoms with Gasteiger partial charge in [-0.2, -0.15) is 4.31 Å². The van der Waals surface area contributed by atoms with Crippen molar-refractivity contribution in [3.63, 3.8) is 0 Å². The average Bonchev–Trinajstić information content (AvgIpc) is 2.41. The topological polar surface area (TPSA) is 92.9 Å². The van der Waals surface area contributed by atoms with Crippen molar-refractivity contribution in [3.8, 4) is 0 Å². The van der Waals surface area contributed by atoms with E-state index < -0.39 is 16.1 Å². The van der Waals surface area contributed by atoms with Gasteiger partial charge in [0.1, 0.15) is 0 Å². The standard InChI is InChI=1S/C12H18N2O4S/c13-12-4-2-1-3-10(12)9-19(16,17)14-5-6-18-8-11(14)7-15/h1-4,11,15H,5-9,13H2. The second kappa shape index (κ2) is 5.87. The molecule has 6 nitrogen and oxygen atoms in total. The summed E-state index contributed by atoms with van der Waals surface area (Å²) in [5, 5.41) is 9.23. The molecular weight excluding hydrogens is 268 g/mol. The van der Waals surface area contributed by atoms with E-state index in [0.717, 1.165) is 0 Å². The second-order valence-corrected chi connectivity index (χ2v) is 6.40. The van der Waals surface area contributed by atoms with Crippen molar-refractivity contribution in [2.24, 2.45) is 0 Å². The average molecular weight is 286 g/mol. The third kappa shape index (κ3) is 3.24. The van der Waals surface area contributed by atoms with Gasteiger partial charge in [-0.1, -0.05) is 18.2 Å². The van der Waals surface area contributed by atoms with Crippen LogP contribution in [0.5, 0.6) is 0 Å². The fraction of sp³-hybridized carbons (Fsp3) is 0.500. The molecule has 1 fully saturated rings. The molecule has 1 heterocycles. The maximum atomic E-state index is 12.4. The van der Waals surface area contributed by atoms with Gasteiger partial charge in [0.05, 0.1) is 31.6 Å². The molecule has 1 aliphatic rings. The van der Waals surface area contributed by atoms with Crippen LogP contribution < -0.4 is 5.73 Å². The highest BCUT2D eigenvalue weighted by Crippen LogP contribution is 2.20. The summed E-state index contributed by atoms with van der Waals surface area (Å²) in [4.78, 5) is 0. The zero-order chi connectivity index (χ0) is 13.9. The van der Waals surface area contributed by atoms with Crippen LogP contribution in [0.15, 0.2) is 24.3 Å². The van der Waals surface area contributed by atoms with Crippen LogP contribution in [0.2, 0.25) is 0 Å². The molecular formula is C12H18N2O4S. The minimum absolute atomic E-state index is 0.157. The number of morpholine rings is 1. The zero-order valence-corrected chi connectivity index (χ0v) is 11.3. The maximum Gasteiger partial charge on any atom is 0.218 e. The number of anilines is 1. The van der Waals surface area contributed by atoms with Crippen LogP contribution in [0.1, 0.15) is 5.56 Å². The van der Waals surface area contributed by atoms with Gasteiger partial charge in [-0.05, 0) is 11.6 Å². The molecule has 1 aliphatic heterocycles. The van der Waals surface area contributed by atoms with Crippen LogP contribution in [0.3, 0.4) is 0 Å². The third-order valence-electron chi connectivity index (χ3n) is 3.13. The lowest BCUT2D eigenvalue weighted by atomic mass is 10.2. The van der Waals surface area contributed by atoms with Crippen molar-refractivity contribution < 1.29 is 18.3 Å². The smallest absolute Gasteiger partial charge is 0.218 e. The van der Waals surface area contributed by atoms with Gasteiger partial charge in [0.25, 0.3) is 0 Å². The van der Waals surface area contributed by atoms with Gasteiger partial charge in [0.15, 0.2) is 0 Å². The highest BCUT2D eigenvalue weighted by Gasteiger charge is 2.32. The number of rotatable bonds is 4. The lowest BCUT2D eigenvalue weighted by molar-refractivity contribution is 0.0108. The lowest BCUT2D eigenvalue weighted by Gasteiger charge is -2.33. The Balaban J connectivity index is 2.20. The van der Waals surface area contributed by atoms with Crippen LogP contribution in [0.25, 0.3) is 0 Å². The summed E-state index contributed by atoms with van der Waals surface area (Å²) >= 11 is 0. The van der Waals surface area contributed by atoms with Gasteiger partial charge in [0, 0.05) is 12.2 Å². The molecule has 1 unspecified atom stereocenters. The summed E-state index contributed by atoms with van der Waals surface area (Å²) in [6.07, 6.45) is 0. The van der Waals surface area contributed by atoms with Crippen molar-refractivity contribution in [1.82, 2.24) is 4.31 Å². The molecule has 0 radical (unpaired) electrons.